The third kappa shape index (κ3) is 15.3. The van der Waals surface area contributed by atoms with Gasteiger partial charge in [0.25, 0.3) is 0 Å². The predicted octanol–water partition coefficient (Wildman–Crippen LogP) is 16.5. The Bertz CT molecular complexity index is 838. The lowest BCUT2D eigenvalue weighted by atomic mass is 10.1. The summed E-state index contributed by atoms with van der Waals surface area (Å²) < 4.78 is 43.0. The van der Waals surface area contributed by atoms with Crippen molar-refractivity contribution in [3.63, 3.8) is 0 Å². The molecule has 0 spiro atoms. The molecule has 0 aliphatic heterocycles. The molecule has 338 valence electrons. The minimum atomic E-state index is -3.23. The standard InChI is InChI=1S/C45H102O6Si5/c1-22-46-52(47-23-2,48-24-3)35-33-31-29-27-25-26-28-30-32-34-36-53(49-54(37(4)5,38(6)7)39(8)9,50-55(40(10)11,41(12)13)42(14)15)51-56(43(16)17,44(18)19)45(20)21/h37-45H,22-36H2,1-21H3. The summed E-state index contributed by atoms with van der Waals surface area (Å²) in [6.45, 7) is 52.1. The van der Waals surface area contributed by atoms with E-state index in [9.17, 15) is 0 Å². The third-order valence-corrected chi connectivity index (χ3v) is 41.8. The van der Waals surface area contributed by atoms with Crippen LogP contribution in [0.4, 0.5) is 0 Å². The van der Waals surface area contributed by atoms with E-state index in [0.717, 1.165) is 24.9 Å². The highest BCUT2D eigenvalue weighted by Gasteiger charge is 2.63. The van der Waals surface area contributed by atoms with E-state index >= 15 is 0 Å². The highest BCUT2D eigenvalue weighted by molar-refractivity contribution is 6.94. The second-order valence-electron chi connectivity index (χ2n) is 20.0. The molecule has 0 unspecified atom stereocenters. The molecule has 0 bridgehead atoms. The van der Waals surface area contributed by atoms with Gasteiger partial charge in [0.15, 0.2) is 25.0 Å². The van der Waals surface area contributed by atoms with Gasteiger partial charge in [-0.15, -0.1) is 0 Å². The molecule has 6 nitrogen and oxygen atoms in total. The first-order chi connectivity index (χ1) is 26.0. The van der Waals surface area contributed by atoms with Gasteiger partial charge < -0.3 is 25.6 Å². The molecule has 0 aliphatic rings. The Kier molecular flexibility index (Phi) is 27.4. The number of hydrogen-bond acceptors (Lipinski definition) is 6. The van der Waals surface area contributed by atoms with Gasteiger partial charge in [-0.3, -0.25) is 0 Å². The SMILES string of the molecule is CCO[Si](CCCCCCCCCCCC[Si](O[Si](C(C)C)(C(C)C)C(C)C)(O[Si](C(C)C)(C(C)C)C(C)C)O[Si](C(C)C)(C(C)C)C(C)C)(OCC)OCC. The Morgan fingerprint density at radius 1 is 0.268 bits per heavy atom. The lowest BCUT2D eigenvalue weighted by Crippen LogP contribution is -2.69. The largest absolute Gasteiger partial charge is 0.500 e. The molecule has 56 heavy (non-hydrogen) atoms. The molecule has 0 atom stereocenters. The van der Waals surface area contributed by atoms with E-state index in [1.54, 1.807) is 0 Å². The van der Waals surface area contributed by atoms with Gasteiger partial charge in [0.05, 0.1) is 0 Å². The van der Waals surface area contributed by atoms with Crippen molar-refractivity contribution >= 4 is 42.6 Å². The molecule has 0 rings (SSSR count). The quantitative estimate of drug-likeness (QED) is 0.0474. The predicted molar refractivity (Wildman–Crippen MR) is 259 cm³/mol. The van der Waals surface area contributed by atoms with Gasteiger partial charge in [0, 0.05) is 31.9 Å². The van der Waals surface area contributed by atoms with Crippen LogP contribution in [0.15, 0.2) is 0 Å². The Balaban J connectivity index is 6.41. The molecule has 0 N–H and O–H groups in total. The van der Waals surface area contributed by atoms with Crippen LogP contribution in [-0.2, 0) is 25.6 Å². The average molecular weight is 880 g/mol. The fourth-order valence-electron chi connectivity index (χ4n) is 11.2. The van der Waals surface area contributed by atoms with Crippen LogP contribution in [-0.4, -0.2) is 62.4 Å². The van der Waals surface area contributed by atoms with Crippen LogP contribution >= 0.6 is 0 Å². The van der Waals surface area contributed by atoms with Crippen molar-refractivity contribution in [3.8, 4) is 0 Å². The van der Waals surface area contributed by atoms with Crippen molar-refractivity contribution in [2.45, 2.75) is 272 Å². The van der Waals surface area contributed by atoms with Crippen molar-refractivity contribution in [2.75, 3.05) is 19.8 Å². The maximum Gasteiger partial charge on any atom is 0.500 e. The first-order valence-electron chi connectivity index (χ1n) is 24.0. The zero-order valence-electron chi connectivity index (χ0n) is 41.8. The monoisotopic (exact) mass is 879 g/mol. The van der Waals surface area contributed by atoms with Crippen LogP contribution in [0.2, 0.25) is 62.0 Å². The van der Waals surface area contributed by atoms with Crippen molar-refractivity contribution in [3.05, 3.63) is 0 Å². The van der Waals surface area contributed by atoms with Crippen LogP contribution in [0.25, 0.3) is 0 Å². The number of hydrogen-bond donors (Lipinski definition) is 0. The molecule has 0 saturated carbocycles. The van der Waals surface area contributed by atoms with E-state index in [0.29, 0.717) is 69.7 Å². The van der Waals surface area contributed by atoms with Crippen LogP contribution in [0.1, 0.15) is 210 Å². The Morgan fingerprint density at radius 2 is 0.446 bits per heavy atom. The van der Waals surface area contributed by atoms with E-state index < -0.39 is 42.6 Å². The van der Waals surface area contributed by atoms with Crippen LogP contribution in [0, 0.1) is 0 Å². The molecular formula is C45H102O6Si5. The lowest BCUT2D eigenvalue weighted by Gasteiger charge is -2.56. The van der Waals surface area contributed by atoms with Crippen molar-refractivity contribution < 1.29 is 25.6 Å². The maximum absolute atomic E-state index is 8.26. The van der Waals surface area contributed by atoms with E-state index in [2.05, 4.69) is 125 Å². The van der Waals surface area contributed by atoms with E-state index in [1.807, 2.05) is 20.8 Å². The van der Waals surface area contributed by atoms with Gasteiger partial charge in [-0.1, -0.05) is 176 Å². The van der Waals surface area contributed by atoms with Crippen LogP contribution in [0.5, 0.6) is 0 Å². The summed E-state index contributed by atoms with van der Waals surface area (Å²) >= 11 is 0. The fraction of sp³-hybridized carbons (Fsp3) is 1.00. The summed E-state index contributed by atoms with van der Waals surface area (Å²) in [6.07, 6.45) is 12.5. The highest BCUT2D eigenvalue weighted by atomic mass is 28.5. The van der Waals surface area contributed by atoms with Gasteiger partial charge in [-0.25, -0.2) is 0 Å². The minimum Gasteiger partial charge on any atom is -0.415 e. The molecule has 0 amide bonds. The Hall–Kier alpha value is 0.844. The van der Waals surface area contributed by atoms with Crippen molar-refractivity contribution in [1.29, 1.82) is 0 Å². The van der Waals surface area contributed by atoms with Crippen LogP contribution in [0.3, 0.4) is 0 Å². The van der Waals surface area contributed by atoms with Gasteiger partial charge in [0.1, 0.15) is 0 Å². The molecule has 0 aliphatic carbocycles. The van der Waals surface area contributed by atoms with Crippen LogP contribution < -0.4 is 0 Å². The molecule has 0 aromatic rings. The summed E-state index contributed by atoms with van der Waals surface area (Å²) in [5.41, 5.74) is 4.31. The van der Waals surface area contributed by atoms with Gasteiger partial charge in [0.2, 0.25) is 0 Å². The smallest absolute Gasteiger partial charge is 0.415 e. The topological polar surface area (TPSA) is 55.4 Å². The van der Waals surface area contributed by atoms with E-state index in [-0.39, 0.29) is 0 Å². The second kappa shape index (κ2) is 27.0. The first kappa shape index (κ1) is 56.8. The lowest BCUT2D eigenvalue weighted by molar-refractivity contribution is 0.0706. The van der Waals surface area contributed by atoms with Crippen molar-refractivity contribution in [1.82, 2.24) is 0 Å². The minimum absolute atomic E-state index is 0.478. The first-order valence-corrected chi connectivity index (χ1v) is 34.3. The molecule has 0 heterocycles. The fourth-order valence-corrected chi connectivity index (χ4v) is 44.4. The zero-order valence-corrected chi connectivity index (χ0v) is 46.8. The molecule has 0 radical (unpaired) electrons. The van der Waals surface area contributed by atoms with E-state index in [1.165, 1.54) is 51.4 Å². The summed E-state index contributed by atoms with van der Waals surface area (Å²) in [4.78, 5) is 0. The summed E-state index contributed by atoms with van der Waals surface area (Å²) in [5.74, 6) is 0. The van der Waals surface area contributed by atoms with Gasteiger partial charge in [-0.05, 0) is 83.5 Å². The zero-order chi connectivity index (χ0) is 43.5. The number of unbranched alkanes of at least 4 members (excludes halogenated alkanes) is 9. The number of rotatable bonds is 34. The molecule has 11 heteroatoms. The highest BCUT2D eigenvalue weighted by Crippen LogP contribution is 2.53. The Labute approximate surface area is 357 Å². The molecular weight excluding hydrogens is 777 g/mol. The normalized spacial score (nSPS) is 14.2. The third-order valence-electron chi connectivity index (χ3n) is 13.4. The van der Waals surface area contributed by atoms with E-state index in [4.69, 9.17) is 25.6 Å². The Morgan fingerprint density at radius 3 is 0.625 bits per heavy atom. The van der Waals surface area contributed by atoms with Gasteiger partial charge in [-0.2, -0.15) is 0 Å². The maximum atomic E-state index is 8.26. The summed E-state index contributed by atoms with van der Waals surface area (Å²) in [7, 11) is -12.8. The summed E-state index contributed by atoms with van der Waals surface area (Å²) in [5, 5.41) is 0. The average Bonchev–Trinajstić information content (AvgIpc) is 3.07. The van der Waals surface area contributed by atoms with Gasteiger partial charge >= 0.3 is 17.6 Å². The molecule has 0 fully saturated rings. The van der Waals surface area contributed by atoms with Crippen molar-refractivity contribution in [2.24, 2.45) is 0 Å². The summed E-state index contributed by atoms with van der Waals surface area (Å²) in [6, 6.07) is 1.90. The molecule has 0 aromatic carbocycles. The molecule has 0 saturated heterocycles. The second-order valence-corrected chi connectivity index (χ2v) is 42.5. The molecule has 0 aromatic heterocycles.